The van der Waals surface area contributed by atoms with E-state index in [0.29, 0.717) is 28.1 Å². The second-order valence-electron chi connectivity index (χ2n) is 5.24. The fourth-order valence-corrected chi connectivity index (χ4v) is 2.54. The molecular formula is C16H16ClN3O2. The minimum absolute atomic E-state index is 0.183. The van der Waals surface area contributed by atoms with Crippen molar-refractivity contribution in [1.29, 1.82) is 0 Å². The molecule has 1 saturated carbocycles. The number of benzene rings is 1. The quantitative estimate of drug-likeness (QED) is 0.920. The number of hydrogen-bond donors (Lipinski definition) is 1. The third kappa shape index (κ3) is 3.20. The number of ether oxygens (including phenoxy) is 1. The molecule has 5 nitrogen and oxygen atoms in total. The van der Waals surface area contributed by atoms with E-state index in [9.17, 15) is 4.79 Å². The van der Waals surface area contributed by atoms with Crippen molar-refractivity contribution >= 4 is 17.5 Å². The van der Waals surface area contributed by atoms with Crippen LogP contribution < -0.4 is 10.1 Å². The lowest BCUT2D eigenvalue weighted by atomic mass is 10.1. The number of rotatable bonds is 5. The summed E-state index contributed by atoms with van der Waals surface area (Å²) in [7, 11) is 1.53. The Morgan fingerprint density at radius 1 is 1.36 bits per heavy atom. The number of methoxy groups -OCH3 is 1. The smallest absolute Gasteiger partial charge is 0.255 e. The van der Waals surface area contributed by atoms with Crippen molar-refractivity contribution in [3.63, 3.8) is 0 Å². The van der Waals surface area contributed by atoms with E-state index in [4.69, 9.17) is 16.3 Å². The first kappa shape index (κ1) is 14.8. The van der Waals surface area contributed by atoms with E-state index >= 15 is 0 Å². The zero-order chi connectivity index (χ0) is 15.5. The molecule has 1 heterocycles. The molecule has 0 radical (unpaired) electrons. The van der Waals surface area contributed by atoms with Gasteiger partial charge in [-0.2, -0.15) is 0 Å². The first-order valence-electron chi connectivity index (χ1n) is 7.10. The Morgan fingerprint density at radius 3 is 2.73 bits per heavy atom. The number of amides is 1. The van der Waals surface area contributed by atoms with Crippen molar-refractivity contribution in [2.75, 3.05) is 7.11 Å². The third-order valence-electron chi connectivity index (χ3n) is 3.65. The van der Waals surface area contributed by atoms with Gasteiger partial charge in [-0.25, -0.2) is 9.97 Å². The highest BCUT2D eigenvalue weighted by molar-refractivity contribution is 6.31. The van der Waals surface area contributed by atoms with Crippen molar-refractivity contribution < 1.29 is 9.53 Å². The Labute approximate surface area is 133 Å². The average Bonchev–Trinajstić information content (AvgIpc) is 3.38. The van der Waals surface area contributed by atoms with Crippen LogP contribution in [-0.2, 0) is 0 Å². The van der Waals surface area contributed by atoms with Crippen LogP contribution in [0.25, 0.3) is 0 Å². The van der Waals surface area contributed by atoms with Crippen molar-refractivity contribution in [1.82, 2.24) is 15.3 Å². The number of halogens is 1. The molecule has 6 heteroatoms. The van der Waals surface area contributed by atoms with Crippen LogP contribution in [0.5, 0.6) is 5.75 Å². The van der Waals surface area contributed by atoms with Crippen LogP contribution in [0.4, 0.5) is 0 Å². The monoisotopic (exact) mass is 317 g/mol. The summed E-state index contributed by atoms with van der Waals surface area (Å²) in [5, 5.41) is 3.50. The second kappa shape index (κ2) is 6.32. The lowest BCUT2D eigenvalue weighted by Crippen LogP contribution is -2.31. The Bertz CT molecular complexity index is 674. The van der Waals surface area contributed by atoms with Crippen LogP contribution in [0.2, 0.25) is 5.02 Å². The van der Waals surface area contributed by atoms with Crippen molar-refractivity contribution in [3.05, 3.63) is 53.1 Å². The highest BCUT2D eigenvalue weighted by Crippen LogP contribution is 2.40. The van der Waals surface area contributed by atoms with E-state index in [0.717, 1.165) is 12.8 Å². The molecule has 3 rings (SSSR count). The topological polar surface area (TPSA) is 64.1 Å². The van der Waals surface area contributed by atoms with E-state index in [1.165, 1.54) is 7.11 Å². The van der Waals surface area contributed by atoms with Gasteiger partial charge in [0.1, 0.15) is 5.75 Å². The van der Waals surface area contributed by atoms with E-state index in [2.05, 4.69) is 15.3 Å². The lowest BCUT2D eigenvalue weighted by Gasteiger charge is -2.17. The normalized spacial score (nSPS) is 15.2. The summed E-state index contributed by atoms with van der Waals surface area (Å²) in [5.74, 6) is 1.28. The number of carbonyl (C=O) groups is 1. The highest BCUT2D eigenvalue weighted by atomic mass is 35.5. The molecule has 22 heavy (non-hydrogen) atoms. The van der Waals surface area contributed by atoms with E-state index in [-0.39, 0.29) is 11.9 Å². The van der Waals surface area contributed by atoms with Crippen LogP contribution in [-0.4, -0.2) is 23.0 Å². The van der Waals surface area contributed by atoms with Crippen molar-refractivity contribution in [3.8, 4) is 5.75 Å². The minimum atomic E-state index is -0.233. The summed E-state index contributed by atoms with van der Waals surface area (Å²) in [5.41, 5.74) is 0.414. The predicted octanol–water partition coefficient (Wildman–Crippen LogP) is 3.02. The number of hydrogen-bond acceptors (Lipinski definition) is 4. The van der Waals surface area contributed by atoms with E-state index in [1.807, 2.05) is 0 Å². The van der Waals surface area contributed by atoms with Crippen molar-refractivity contribution in [2.45, 2.75) is 18.9 Å². The molecule has 1 aliphatic carbocycles. The fraction of sp³-hybridized carbons (Fsp3) is 0.312. The van der Waals surface area contributed by atoms with Crippen LogP contribution >= 0.6 is 11.6 Å². The molecule has 0 bridgehead atoms. The summed E-state index contributed by atoms with van der Waals surface area (Å²) in [6.07, 6.45) is 5.50. The zero-order valence-corrected chi connectivity index (χ0v) is 12.9. The Balaban J connectivity index is 1.84. The molecule has 1 fully saturated rings. The lowest BCUT2D eigenvalue weighted by molar-refractivity contribution is 0.0926. The highest BCUT2D eigenvalue weighted by Gasteiger charge is 2.35. The van der Waals surface area contributed by atoms with Gasteiger partial charge < -0.3 is 10.1 Å². The minimum Gasteiger partial charge on any atom is -0.496 e. The van der Waals surface area contributed by atoms with Gasteiger partial charge in [0.2, 0.25) is 0 Å². The van der Waals surface area contributed by atoms with Gasteiger partial charge in [-0.1, -0.05) is 11.6 Å². The van der Waals surface area contributed by atoms with Gasteiger partial charge in [0.25, 0.3) is 5.91 Å². The maximum absolute atomic E-state index is 12.6. The van der Waals surface area contributed by atoms with Gasteiger partial charge in [0.15, 0.2) is 5.82 Å². The number of carbonyl (C=O) groups excluding carboxylic acids is 1. The predicted molar refractivity (Wildman–Crippen MR) is 83.0 cm³/mol. The first-order chi connectivity index (χ1) is 10.7. The maximum Gasteiger partial charge on any atom is 0.255 e. The number of aromatic nitrogens is 2. The van der Waals surface area contributed by atoms with Gasteiger partial charge in [0.05, 0.1) is 18.7 Å². The summed E-state index contributed by atoms with van der Waals surface area (Å²) in [6.45, 7) is 0. The van der Waals surface area contributed by atoms with Crippen LogP contribution in [0.1, 0.15) is 35.1 Å². The first-order valence-corrected chi connectivity index (χ1v) is 7.48. The van der Waals surface area contributed by atoms with Crippen LogP contribution in [0.15, 0.2) is 36.7 Å². The van der Waals surface area contributed by atoms with Crippen LogP contribution in [0.3, 0.4) is 0 Å². The number of nitrogens with zero attached hydrogens (tertiary/aromatic N) is 2. The van der Waals surface area contributed by atoms with Crippen LogP contribution in [0, 0.1) is 5.92 Å². The molecule has 1 amide bonds. The zero-order valence-electron chi connectivity index (χ0n) is 12.1. The Morgan fingerprint density at radius 2 is 2.09 bits per heavy atom. The Hall–Kier alpha value is -2.14. The summed E-state index contributed by atoms with van der Waals surface area (Å²) in [6, 6.07) is 6.55. The van der Waals surface area contributed by atoms with Gasteiger partial charge in [-0.15, -0.1) is 0 Å². The summed E-state index contributed by atoms with van der Waals surface area (Å²) < 4.78 is 5.23. The SMILES string of the molecule is COc1ccc(Cl)cc1C(=O)NC(c1ncccn1)C1CC1. The fourth-order valence-electron chi connectivity index (χ4n) is 2.37. The molecule has 0 saturated heterocycles. The second-order valence-corrected chi connectivity index (χ2v) is 5.68. The van der Waals surface area contributed by atoms with Gasteiger partial charge in [0, 0.05) is 17.4 Å². The molecule has 1 N–H and O–H groups in total. The molecule has 1 aromatic carbocycles. The summed E-state index contributed by atoms with van der Waals surface area (Å²) >= 11 is 5.99. The van der Waals surface area contributed by atoms with Crippen molar-refractivity contribution in [2.24, 2.45) is 5.92 Å². The molecule has 0 spiro atoms. The molecule has 1 unspecified atom stereocenters. The summed E-state index contributed by atoms with van der Waals surface area (Å²) in [4.78, 5) is 21.1. The molecule has 114 valence electrons. The van der Waals surface area contributed by atoms with E-state index < -0.39 is 0 Å². The largest absolute Gasteiger partial charge is 0.496 e. The third-order valence-corrected chi connectivity index (χ3v) is 3.89. The molecule has 2 aromatic rings. The molecule has 0 aliphatic heterocycles. The maximum atomic E-state index is 12.6. The standard InChI is InChI=1S/C16H16ClN3O2/c1-22-13-6-5-11(17)9-12(13)16(21)20-14(10-3-4-10)15-18-7-2-8-19-15/h2,5-10,14H,3-4H2,1H3,(H,20,21). The molecule has 1 atom stereocenters. The molecule has 1 aromatic heterocycles. The van der Waals surface area contributed by atoms with Gasteiger partial charge in [-0.05, 0) is 43.0 Å². The average molecular weight is 318 g/mol. The Kier molecular flexibility index (Phi) is 4.24. The van der Waals surface area contributed by atoms with Gasteiger partial charge >= 0.3 is 0 Å². The van der Waals surface area contributed by atoms with Gasteiger partial charge in [-0.3, -0.25) is 4.79 Å². The number of nitrogens with one attached hydrogen (secondary N) is 1. The van der Waals surface area contributed by atoms with E-state index in [1.54, 1.807) is 36.7 Å². The molecular weight excluding hydrogens is 302 g/mol. The molecule has 1 aliphatic rings.